The van der Waals surface area contributed by atoms with Gasteiger partial charge in [0.1, 0.15) is 5.82 Å². The van der Waals surface area contributed by atoms with Crippen molar-refractivity contribution in [1.29, 1.82) is 0 Å². The molecule has 0 bridgehead atoms. The van der Waals surface area contributed by atoms with Crippen molar-refractivity contribution in [3.8, 4) is 0 Å². The lowest BCUT2D eigenvalue weighted by Crippen LogP contribution is -2.23. The van der Waals surface area contributed by atoms with Gasteiger partial charge >= 0.3 is 6.03 Å². The van der Waals surface area contributed by atoms with Crippen molar-refractivity contribution < 1.29 is 17.6 Å². The average molecular weight is 335 g/mol. The molecule has 2 amide bonds. The zero-order chi connectivity index (χ0) is 16.9. The summed E-state index contributed by atoms with van der Waals surface area (Å²) in [4.78, 5) is 11.6. The van der Waals surface area contributed by atoms with Crippen molar-refractivity contribution in [2.24, 2.45) is 5.14 Å². The Kier molecular flexibility index (Phi) is 5.09. The number of hydrogen-bond acceptors (Lipinski definition) is 3. The normalized spacial score (nSPS) is 11.4. The van der Waals surface area contributed by atoms with Crippen LogP contribution in [0.15, 0.2) is 59.6 Å². The number of nitrogens with one attached hydrogen (secondary N) is 2. The number of carbonyl (C=O) groups excluding carboxylic acids is 1. The maximum absolute atomic E-state index is 13.4. The second-order valence-electron chi connectivity index (χ2n) is 4.52. The van der Waals surface area contributed by atoms with Gasteiger partial charge in [-0.3, -0.25) is 0 Å². The van der Waals surface area contributed by atoms with E-state index in [1.807, 2.05) is 0 Å². The second kappa shape index (κ2) is 7.03. The summed E-state index contributed by atoms with van der Waals surface area (Å²) in [5.74, 6) is -0.399. The van der Waals surface area contributed by atoms with Crippen LogP contribution in [0.3, 0.4) is 0 Å². The number of rotatable bonds is 4. The number of hydrogen-bond donors (Lipinski definition) is 3. The van der Waals surface area contributed by atoms with Crippen LogP contribution in [0, 0.1) is 5.82 Å². The Balaban J connectivity index is 1.94. The van der Waals surface area contributed by atoms with E-state index in [-0.39, 0.29) is 4.90 Å². The molecule has 0 heterocycles. The third-order valence-electron chi connectivity index (χ3n) is 2.82. The maximum Gasteiger partial charge on any atom is 0.323 e. The molecule has 0 atom stereocenters. The Morgan fingerprint density at radius 1 is 1.09 bits per heavy atom. The summed E-state index contributed by atoms with van der Waals surface area (Å²) < 4.78 is 35.6. The molecule has 0 aliphatic rings. The van der Waals surface area contributed by atoms with E-state index in [4.69, 9.17) is 5.14 Å². The maximum atomic E-state index is 13.4. The number of nitrogens with two attached hydrogens (primary N) is 1. The van der Waals surface area contributed by atoms with Crippen LogP contribution in [0.2, 0.25) is 0 Å². The number of sulfonamides is 1. The molecule has 0 saturated heterocycles. The van der Waals surface area contributed by atoms with Gasteiger partial charge in [0.15, 0.2) is 0 Å². The van der Waals surface area contributed by atoms with E-state index >= 15 is 0 Å². The molecule has 0 saturated carbocycles. The van der Waals surface area contributed by atoms with Crippen molar-refractivity contribution in [3.05, 3.63) is 66.1 Å². The number of carbonyl (C=O) groups is 1. The minimum Gasteiger partial charge on any atom is -0.314 e. The molecule has 2 aromatic rings. The predicted octanol–water partition coefficient (Wildman–Crippen LogP) is 2.27. The van der Waals surface area contributed by atoms with Crippen LogP contribution in [0.5, 0.6) is 0 Å². The summed E-state index contributed by atoms with van der Waals surface area (Å²) in [6.07, 6.45) is 2.71. The molecule has 0 unspecified atom stereocenters. The van der Waals surface area contributed by atoms with Gasteiger partial charge in [0.05, 0.1) is 4.90 Å². The fourth-order valence-corrected chi connectivity index (χ4v) is 2.23. The van der Waals surface area contributed by atoms with Gasteiger partial charge in [-0.05, 0) is 36.4 Å². The fraction of sp³-hybridized carbons (Fsp3) is 0. The highest BCUT2D eigenvalue weighted by Crippen LogP contribution is 2.12. The first-order valence-corrected chi connectivity index (χ1v) is 8.02. The molecule has 120 valence electrons. The van der Waals surface area contributed by atoms with Crippen molar-refractivity contribution in [2.75, 3.05) is 5.32 Å². The van der Waals surface area contributed by atoms with Crippen LogP contribution in [-0.4, -0.2) is 14.4 Å². The summed E-state index contributed by atoms with van der Waals surface area (Å²) in [6, 6.07) is 10.9. The smallest absolute Gasteiger partial charge is 0.314 e. The van der Waals surface area contributed by atoms with Gasteiger partial charge in [0.25, 0.3) is 0 Å². The summed E-state index contributed by atoms with van der Waals surface area (Å²) in [7, 11) is -3.77. The molecular formula is C15H14FN3O3S. The number of amides is 2. The third-order valence-corrected chi connectivity index (χ3v) is 3.75. The fourth-order valence-electron chi connectivity index (χ4n) is 1.71. The molecule has 0 radical (unpaired) electrons. The van der Waals surface area contributed by atoms with Crippen molar-refractivity contribution in [1.82, 2.24) is 5.32 Å². The Morgan fingerprint density at radius 2 is 1.74 bits per heavy atom. The third kappa shape index (κ3) is 4.90. The highest BCUT2D eigenvalue weighted by molar-refractivity contribution is 7.89. The molecular weight excluding hydrogens is 321 g/mol. The zero-order valence-electron chi connectivity index (χ0n) is 11.9. The number of urea groups is 1. The van der Waals surface area contributed by atoms with Crippen LogP contribution < -0.4 is 15.8 Å². The first kappa shape index (κ1) is 16.7. The molecule has 23 heavy (non-hydrogen) atoms. The monoisotopic (exact) mass is 335 g/mol. The highest BCUT2D eigenvalue weighted by atomic mass is 32.2. The van der Waals surface area contributed by atoms with E-state index in [0.29, 0.717) is 11.3 Å². The summed E-state index contributed by atoms with van der Waals surface area (Å²) in [6.45, 7) is 0. The van der Waals surface area contributed by atoms with E-state index < -0.39 is 21.9 Å². The molecule has 2 rings (SSSR count). The Hall–Kier alpha value is -2.71. The minimum atomic E-state index is -3.77. The average Bonchev–Trinajstić information content (AvgIpc) is 2.49. The Labute approximate surface area is 132 Å². The van der Waals surface area contributed by atoms with Crippen LogP contribution in [0.25, 0.3) is 6.08 Å². The number of benzene rings is 2. The lowest BCUT2D eigenvalue weighted by molar-refractivity contribution is 0.255. The molecule has 4 N–H and O–H groups in total. The number of anilines is 1. The van der Waals surface area contributed by atoms with Crippen LogP contribution in [0.1, 0.15) is 5.56 Å². The summed E-state index contributed by atoms with van der Waals surface area (Å²) >= 11 is 0. The second-order valence-corrected chi connectivity index (χ2v) is 6.08. The summed E-state index contributed by atoms with van der Waals surface area (Å²) in [5, 5.41) is 9.88. The van der Waals surface area contributed by atoms with Gasteiger partial charge in [-0.25, -0.2) is 22.7 Å². The van der Waals surface area contributed by atoms with E-state index in [1.165, 1.54) is 42.6 Å². The number of primary sulfonamides is 1. The topological polar surface area (TPSA) is 101 Å². The molecule has 0 aliphatic heterocycles. The molecule has 8 heteroatoms. The molecule has 0 aromatic heterocycles. The Morgan fingerprint density at radius 3 is 2.35 bits per heavy atom. The van der Waals surface area contributed by atoms with Crippen molar-refractivity contribution in [3.63, 3.8) is 0 Å². The largest absolute Gasteiger partial charge is 0.323 e. The molecule has 0 aliphatic carbocycles. The van der Waals surface area contributed by atoms with Gasteiger partial charge in [0, 0.05) is 17.5 Å². The van der Waals surface area contributed by atoms with E-state index in [1.54, 1.807) is 18.2 Å². The van der Waals surface area contributed by atoms with Gasteiger partial charge in [-0.15, -0.1) is 0 Å². The van der Waals surface area contributed by atoms with Gasteiger partial charge in [-0.2, -0.15) is 0 Å². The first-order chi connectivity index (χ1) is 10.9. The lowest BCUT2D eigenvalue weighted by Gasteiger charge is -2.05. The van der Waals surface area contributed by atoms with Crippen LogP contribution >= 0.6 is 0 Å². The Bertz CT molecular complexity index is 833. The molecule has 2 aromatic carbocycles. The van der Waals surface area contributed by atoms with Crippen molar-refractivity contribution in [2.45, 2.75) is 4.90 Å². The zero-order valence-corrected chi connectivity index (χ0v) is 12.7. The SMILES string of the molecule is NS(=O)(=O)c1ccc(NC(=O)N/C=C/c2ccccc2F)cc1. The lowest BCUT2D eigenvalue weighted by atomic mass is 10.2. The molecule has 6 nitrogen and oxygen atoms in total. The first-order valence-electron chi connectivity index (χ1n) is 6.48. The standard InChI is InChI=1S/C15H14FN3O3S/c16-14-4-2-1-3-11(14)9-10-18-15(20)19-12-5-7-13(8-6-12)23(17,21)22/h1-10H,(H2,17,21,22)(H2,18,19,20)/b10-9+. The van der Waals surface area contributed by atoms with E-state index in [0.717, 1.165) is 0 Å². The van der Waals surface area contributed by atoms with Crippen LogP contribution in [-0.2, 0) is 10.0 Å². The predicted molar refractivity (Wildman–Crippen MR) is 85.4 cm³/mol. The quantitative estimate of drug-likeness (QED) is 0.799. The minimum absolute atomic E-state index is 0.0529. The van der Waals surface area contributed by atoms with Gasteiger partial charge in [-0.1, -0.05) is 18.2 Å². The number of halogens is 1. The van der Waals surface area contributed by atoms with E-state index in [2.05, 4.69) is 10.6 Å². The van der Waals surface area contributed by atoms with Gasteiger partial charge < -0.3 is 10.6 Å². The highest BCUT2D eigenvalue weighted by Gasteiger charge is 2.07. The van der Waals surface area contributed by atoms with Crippen LogP contribution in [0.4, 0.5) is 14.9 Å². The molecule has 0 fully saturated rings. The van der Waals surface area contributed by atoms with Gasteiger partial charge in [0.2, 0.25) is 10.0 Å². The summed E-state index contributed by atoms with van der Waals surface area (Å²) in [5.41, 5.74) is 0.722. The van der Waals surface area contributed by atoms with E-state index in [9.17, 15) is 17.6 Å². The van der Waals surface area contributed by atoms with Crippen molar-refractivity contribution >= 4 is 27.8 Å². The molecule has 0 spiro atoms.